The summed E-state index contributed by atoms with van der Waals surface area (Å²) in [5.41, 5.74) is 1.12. The van der Waals surface area contributed by atoms with Crippen molar-refractivity contribution < 1.29 is 28.7 Å². The molecule has 2 aromatic rings. The van der Waals surface area contributed by atoms with Gasteiger partial charge in [0.2, 0.25) is 5.91 Å². The number of rotatable bonds is 7. The van der Waals surface area contributed by atoms with Crippen molar-refractivity contribution in [2.75, 3.05) is 37.1 Å². The summed E-state index contributed by atoms with van der Waals surface area (Å²) >= 11 is 6.91. The number of ether oxygens (including phenoxy) is 2. The van der Waals surface area contributed by atoms with E-state index in [2.05, 4.69) is 15.4 Å². The number of nitrogens with zero attached hydrogens (tertiary/aromatic N) is 1. The average molecular weight is 466 g/mol. The number of halogens is 1. The number of nitrogens with one attached hydrogen (secondary N) is 2. The van der Waals surface area contributed by atoms with Crippen molar-refractivity contribution in [2.45, 2.75) is 12.5 Å². The molecule has 1 aliphatic rings. The van der Waals surface area contributed by atoms with Crippen LogP contribution in [0.3, 0.4) is 0 Å². The zero-order chi connectivity index (χ0) is 22.4. The van der Waals surface area contributed by atoms with E-state index < -0.39 is 23.8 Å². The fraction of sp³-hybridized carbons (Fsp3) is 0.300. The van der Waals surface area contributed by atoms with Crippen LogP contribution in [0.4, 0.5) is 11.4 Å². The number of carbonyl (C=O) groups excluding carboxylic acids is 4. The summed E-state index contributed by atoms with van der Waals surface area (Å²) in [6.07, 6.45) is -0.340. The summed E-state index contributed by atoms with van der Waals surface area (Å²) in [5, 5.41) is 5.20. The van der Waals surface area contributed by atoms with Crippen LogP contribution in [0.25, 0.3) is 0 Å². The molecule has 0 unspecified atom stereocenters. The number of esters is 1. The van der Waals surface area contributed by atoms with Gasteiger partial charge >= 0.3 is 5.97 Å². The van der Waals surface area contributed by atoms with E-state index in [0.29, 0.717) is 33.7 Å². The molecule has 1 fully saturated rings. The van der Waals surface area contributed by atoms with Crippen LogP contribution >= 0.6 is 22.9 Å². The lowest BCUT2D eigenvalue weighted by Gasteiger charge is -2.27. The molecular weight excluding hydrogens is 446 g/mol. The SMILES string of the molecule is COC(=O)C[C@@H](NC(=O)c1ccc(Cl)s1)C(=O)Nc1ccc(N2CCOCC2=O)cc1. The smallest absolute Gasteiger partial charge is 0.308 e. The number of hydrogen-bond acceptors (Lipinski definition) is 7. The minimum Gasteiger partial charge on any atom is -0.469 e. The van der Waals surface area contributed by atoms with Gasteiger partial charge in [-0.1, -0.05) is 11.6 Å². The molecule has 31 heavy (non-hydrogen) atoms. The molecule has 0 aliphatic carbocycles. The van der Waals surface area contributed by atoms with Gasteiger partial charge in [-0.15, -0.1) is 11.3 Å². The average Bonchev–Trinajstić information content (AvgIpc) is 3.20. The first kappa shape index (κ1) is 22.7. The van der Waals surface area contributed by atoms with Gasteiger partial charge in [0, 0.05) is 17.9 Å². The van der Waals surface area contributed by atoms with Gasteiger partial charge in [0.05, 0.1) is 29.4 Å². The molecule has 164 valence electrons. The molecular formula is C20H20ClN3O6S. The summed E-state index contributed by atoms with van der Waals surface area (Å²) in [7, 11) is 1.20. The van der Waals surface area contributed by atoms with Gasteiger partial charge in [-0.25, -0.2) is 0 Å². The number of anilines is 2. The molecule has 0 radical (unpaired) electrons. The largest absolute Gasteiger partial charge is 0.469 e. The van der Waals surface area contributed by atoms with Crippen LogP contribution < -0.4 is 15.5 Å². The predicted octanol–water partition coefficient (Wildman–Crippen LogP) is 2.06. The topological polar surface area (TPSA) is 114 Å². The van der Waals surface area contributed by atoms with Gasteiger partial charge in [0.1, 0.15) is 12.6 Å². The Hall–Kier alpha value is -2.95. The molecule has 9 nitrogen and oxygen atoms in total. The minimum absolute atomic E-state index is 0.0306. The van der Waals surface area contributed by atoms with Crippen molar-refractivity contribution in [3.63, 3.8) is 0 Å². The minimum atomic E-state index is -1.15. The van der Waals surface area contributed by atoms with Crippen LogP contribution in [0.1, 0.15) is 16.1 Å². The van der Waals surface area contributed by atoms with Gasteiger partial charge in [-0.3, -0.25) is 19.2 Å². The molecule has 0 spiro atoms. The van der Waals surface area contributed by atoms with E-state index in [1.807, 2.05) is 0 Å². The molecule has 3 rings (SSSR count). The zero-order valence-corrected chi connectivity index (χ0v) is 18.1. The van der Waals surface area contributed by atoms with E-state index in [1.54, 1.807) is 35.2 Å². The lowest BCUT2D eigenvalue weighted by molar-refractivity contribution is -0.142. The Balaban J connectivity index is 1.68. The molecule has 1 aliphatic heterocycles. The molecule has 2 heterocycles. The van der Waals surface area contributed by atoms with Crippen LogP contribution in [0.15, 0.2) is 36.4 Å². The van der Waals surface area contributed by atoms with Crippen LogP contribution in [0.2, 0.25) is 4.34 Å². The molecule has 1 aromatic carbocycles. The summed E-state index contributed by atoms with van der Waals surface area (Å²) in [5.74, 6) is -1.90. The third kappa shape index (κ3) is 6.03. The van der Waals surface area contributed by atoms with E-state index in [-0.39, 0.29) is 18.9 Å². The maximum atomic E-state index is 12.7. The second kappa shape index (κ2) is 10.4. The Morgan fingerprint density at radius 1 is 1.23 bits per heavy atom. The number of carbonyl (C=O) groups is 4. The first-order chi connectivity index (χ1) is 14.9. The Morgan fingerprint density at radius 3 is 2.58 bits per heavy atom. The molecule has 1 atom stereocenters. The molecule has 3 amide bonds. The third-order valence-corrected chi connectivity index (χ3v) is 5.68. The summed E-state index contributed by atoms with van der Waals surface area (Å²) in [4.78, 5) is 50.7. The van der Waals surface area contributed by atoms with Crippen LogP contribution in [0, 0.1) is 0 Å². The van der Waals surface area contributed by atoms with Crippen molar-refractivity contribution in [1.29, 1.82) is 0 Å². The van der Waals surface area contributed by atoms with Gasteiger partial charge in [-0.2, -0.15) is 0 Å². The fourth-order valence-electron chi connectivity index (χ4n) is 2.87. The highest BCUT2D eigenvalue weighted by Crippen LogP contribution is 2.22. The van der Waals surface area contributed by atoms with Crippen molar-refractivity contribution in [2.24, 2.45) is 0 Å². The highest BCUT2D eigenvalue weighted by molar-refractivity contribution is 7.18. The normalized spacial score (nSPS) is 14.6. The lowest BCUT2D eigenvalue weighted by Crippen LogP contribution is -2.45. The maximum Gasteiger partial charge on any atom is 0.308 e. The molecule has 2 N–H and O–H groups in total. The van der Waals surface area contributed by atoms with Crippen LogP contribution in [-0.2, 0) is 23.9 Å². The number of benzene rings is 1. The fourth-order valence-corrected chi connectivity index (χ4v) is 3.82. The first-order valence-electron chi connectivity index (χ1n) is 9.29. The third-order valence-electron chi connectivity index (χ3n) is 4.45. The second-order valence-corrected chi connectivity index (χ2v) is 8.26. The number of morpholine rings is 1. The standard InChI is InChI=1S/C20H20ClN3O6S/c1-29-18(26)10-14(23-20(28)15-6-7-16(21)31-15)19(27)22-12-2-4-13(5-3-12)24-8-9-30-11-17(24)25/h2-7,14H,8-11H2,1H3,(H,22,27)(H,23,28)/t14-/m1/s1. The summed E-state index contributed by atoms with van der Waals surface area (Å²) in [6, 6.07) is 8.60. The van der Waals surface area contributed by atoms with Gasteiger partial charge in [-0.05, 0) is 36.4 Å². The number of methoxy groups -OCH3 is 1. The monoisotopic (exact) mass is 465 g/mol. The maximum absolute atomic E-state index is 12.7. The Morgan fingerprint density at radius 2 is 1.97 bits per heavy atom. The van der Waals surface area contributed by atoms with E-state index in [1.165, 1.54) is 13.2 Å². The molecule has 11 heteroatoms. The second-order valence-electron chi connectivity index (χ2n) is 6.54. The van der Waals surface area contributed by atoms with Crippen LogP contribution in [-0.4, -0.2) is 56.6 Å². The highest BCUT2D eigenvalue weighted by Gasteiger charge is 2.26. The molecule has 1 saturated heterocycles. The Labute approximate surface area is 187 Å². The van der Waals surface area contributed by atoms with E-state index in [4.69, 9.17) is 16.3 Å². The summed E-state index contributed by atoms with van der Waals surface area (Å²) < 4.78 is 10.2. The molecule has 0 bridgehead atoms. The first-order valence-corrected chi connectivity index (χ1v) is 10.5. The van der Waals surface area contributed by atoms with E-state index in [0.717, 1.165) is 11.3 Å². The lowest BCUT2D eigenvalue weighted by atomic mass is 10.1. The predicted molar refractivity (Wildman–Crippen MR) is 115 cm³/mol. The zero-order valence-electron chi connectivity index (χ0n) is 16.6. The van der Waals surface area contributed by atoms with Crippen molar-refractivity contribution >= 4 is 58.0 Å². The van der Waals surface area contributed by atoms with Gasteiger partial charge in [0.25, 0.3) is 11.8 Å². The van der Waals surface area contributed by atoms with Gasteiger partial charge in [0.15, 0.2) is 0 Å². The number of amides is 3. The van der Waals surface area contributed by atoms with Crippen molar-refractivity contribution in [3.8, 4) is 0 Å². The Bertz CT molecular complexity index is 978. The van der Waals surface area contributed by atoms with E-state index in [9.17, 15) is 19.2 Å². The number of hydrogen-bond donors (Lipinski definition) is 2. The van der Waals surface area contributed by atoms with Crippen LogP contribution in [0.5, 0.6) is 0 Å². The Kier molecular flexibility index (Phi) is 7.61. The van der Waals surface area contributed by atoms with Gasteiger partial charge < -0.3 is 25.0 Å². The van der Waals surface area contributed by atoms with E-state index >= 15 is 0 Å². The molecule has 0 saturated carbocycles. The summed E-state index contributed by atoms with van der Waals surface area (Å²) in [6.45, 7) is 0.932. The highest BCUT2D eigenvalue weighted by atomic mass is 35.5. The van der Waals surface area contributed by atoms with Crippen molar-refractivity contribution in [3.05, 3.63) is 45.6 Å². The quantitative estimate of drug-likeness (QED) is 0.605. The molecule has 1 aromatic heterocycles. The van der Waals surface area contributed by atoms with Crippen molar-refractivity contribution in [1.82, 2.24) is 5.32 Å². The number of thiophene rings is 1.